The molecule has 1 N–H and O–H groups in total. The zero-order chi connectivity index (χ0) is 74.2. The first kappa shape index (κ1) is 94.7. The second-order valence-corrected chi connectivity index (χ2v) is 67.8. The Kier molecular flexibility index (Phi) is 48.2. The van der Waals surface area contributed by atoms with Gasteiger partial charge in [0.2, 0.25) is 0 Å². The Bertz CT molecular complexity index is 3040. The first-order chi connectivity index (χ1) is 44.9. The molecule has 0 atom stereocenters. The normalized spacial score (nSPS) is 11.6. The summed E-state index contributed by atoms with van der Waals surface area (Å²) in [6.45, 7) is 65.2. The predicted molar refractivity (Wildman–Crippen MR) is 438 cm³/mol. The molecule has 1 radical (unpaired) electrons. The van der Waals surface area contributed by atoms with E-state index in [0.29, 0.717) is 40.4 Å². The van der Waals surface area contributed by atoms with Gasteiger partial charge in [-0.15, -0.1) is 0 Å². The number of nitrogens with one attached hydrogen (secondary N) is 1. The molecule has 0 saturated heterocycles. The number of H-pyrrole nitrogens is 1. The summed E-state index contributed by atoms with van der Waals surface area (Å²) in [5, 5.41) is 0. The fourth-order valence-electron chi connectivity index (χ4n) is 6.94. The van der Waals surface area contributed by atoms with Crippen LogP contribution in [0.15, 0.2) is 85.6 Å². The van der Waals surface area contributed by atoms with Gasteiger partial charge in [0, 0.05) is 136 Å². The third-order valence-corrected chi connectivity index (χ3v) is 26.8. The predicted octanol–water partition coefficient (Wildman–Crippen LogP) is 19.0. The molecule has 97 heavy (non-hydrogen) atoms. The zero-order valence-corrected chi connectivity index (χ0v) is 77.0. The van der Waals surface area contributed by atoms with Crippen LogP contribution in [0.25, 0.3) is 0 Å². The summed E-state index contributed by atoms with van der Waals surface area (Å²) < 4.78 is 51.9. The van der Waals surface area contributed by atoms with Crippen LogP contribution in [0.4, 0.5) is 0 Å². The molecule has 21 nitrogen and oxygen atoms in total. The van der Waals surface area contributed by atoms with Crippen molar-refractivity contribution in [2.75, 3.05) is 39.6 Å². The number of aryl methyl sites for hydroxylation is 6. The van der Waals surface area contributed by atoms with Crippen LogP contribution in [0.3, 0.4) is 0 Å². The van der Waals surface area contributed by atoms with Gasteiger partial charge in [0.05, 0.1) is 54.4 Å². The van der Waals surface area contributed by atoms with Gasteiger partial charge in [-0.25, -0.2) is 34.9 Å². The third-order valence-electron chi connectivity index (χ3n) is 13.5. The molecule has 7 aromatic rings. The number of hydrogen-bond donors (Lipinski definition) is 2. The van der Waals surface area contributed by atoms with Gasteiger partial charge in [-0.2, -0.15) is 0 Å². The second kappa shape index (κ2) is 49.3. The topological polar surface area (TPSA) is 203 Å². The number of halogens is 4. The summed E-state index contributed by atoms with van der Waals surface area (Å²) >= 11 is 16.8. The molecule has 0 saturated carbocycles. The average molecular weight is 1730 g/mol. The SMILES string of the molecule is Cc1c(Br)ncn1COCC[Si](C)(C)C.Cc1cn(COCC[Si](C)(C)C)c(Br)n1.Cc1cn(COCC[Si](C)(C)C)cn1.Cc1cnc(Br)n1COCC[Si](C)(C)C.Cc1cnc[nH]1.Cc1cncn1COCC[Si](C)(C)C.Cc1ncn(COCC[Si](C)(C)C)c1Br.[B]=NS. The molecule has 0 fully saturated rings. The molecule has 0 bridgehead atoms. The summed E-state index contributed by atoms with van der Waals surface area (Å²) in [4.78, 5) is 31.6. The van der Waals surface area contributed by atoms with E-state index in [1.165, 1.54) is 36.3 Å². The van der Waals surface area contributed by atoms with Crippen molar-refractivity contribution in [3.8, 4) is 0 Å². The van der Waals surface area contributed by atoms with E-state index in [-0.39, 0.29) is 0 Å². The fraction of sp³-hybridized carbons (Fsp3) is 0.672. The summed E-state index contributed by atoms with van der Waals surface area (Å²) in [6, 6.07) is 7.28. The number of nitrogens with zero attached hydrogens (tertiary/aromatic N) is 14. The summed E-state index contributed by atoms with van der Waals surface area (Å²) in [6.07, 6.45) is 18.3. The van der Waals surface area contributed by atoms with Crippen LogP contribution in [0, 0.1) is 48.5 Å². The van der Waals surface area contributed by atoms with Crippen molar-refractivity contribution < 1.29 is 28.4 Å². The molecule has 33 heteroatoms. The molecule has 7 rings (SSSR count). The van der Waals surface area contributed by atoms with E-state index >= 15 is 0 Å². The van der Waals surface area contributed by atoms with Crippen molar-refractivity contribution in [2.45, 2.75) is 243 Å². The van der Waals surface area contributed by atoms with Gasteiger partial charge in [0.25, 0.3) is 0 Å². The molecule has 0 aromatic carbocycles. The minimum atomic E-state index is -0.968. The van der Waals surface area contributed by atoms with Crippen LogP contribution < -0.4 is 0 Å². The molecule has 0 unspecified atom stereocenters. The van der Waals surface area contributed by atoms with Gasteiger partial charge in [-0.3, -0.25) is 4.57 Å². The van der Waals surface area contributed by atoms with Crippen molar-refractivity contribution in [2.24, 2.45) is 4.30 Å². The van der Waals surface area contributed by atoms with Gasteiger partial charge in [0.15, 0.2) is 9.47 Å². The van der Waals surface area contributed by atoms with Gasteiger partial charge in [0.1, 0.15) is 49.6 Å². The Hall–Kier alpha value is -2.33. The van der Waals surface area contributed by atoms with Crippen LogP contribution in [0.5, 0.6) is 0 Å². The van der Waals surface area contributed by atoms with Gasteiger partial charge in [-0.05, 0) is 148 Å². The molecule has 0 spiro atoms. The zero-order valence-electron chi connectivity index (χ0n) is 63.7. The maximum absolute atomic E-state index is 5.64. The second-order valence-electron chi connectivity index (χ2n) is 30.9. The van der Waals surface area contributed by atoms with Crippen LogP contribution in [0.2, 0.25) is 154 Å². The van der Waals surface area contributed by atoms with Crippen LogP contribution in [-0.2, 0) is 68.8 Å². The molecule has 7 heterocycles. The fourth-order valence-corrected chi connectivity index (χ4v) is 13.1. The standard InChI is InChI=1S/4C10H19BrN2OSi.2C10H20N2OSi.C4H6N2.BHNS/c1-9-10(11)12-7-13(9)8-14-5-6-15(2,3)4;1-9-10(11)13(7-12-9)8-14-5-6-15(2,3)4;1-9-7-13(10(11)12-9)8-14-5-6-15(2,3)4;1-9-7-12-10(11)13(9)8-14-5-6-15(2,3)4;1-10-7-12(8-11-10)9-13-5-6-14(2,3)4;1-10-7-11-8-12(10)9-13-5-6-14(2,3)4;1-4-2-5-3-6-4;1-2-3/h4*7H,5-6,8H2,1-4H3;2*7-8H,5-6,9H2,1-4H3;2-3H,1H3,(H,5,6);3H. The molecule has 0 amide bonds. The quantitative estimate of drug-likeness (QED) is 0.0245. The van der Waals surface area contributed by atoms with Crippen molar-refractivity contribution >= 4 is 133 Å². The Morgan fingerprint density at radius 2 is 0.866 bits per heavy atom. The number of thiol groups is 1. The van der Waals surface area contributed by atoms with Crippen molar-refractivity contribution in [1.82, 2.24) is 67.3 Å². The average Bonchev–Trinajstić information content (AvgIpc) is 1.90. The monoisotopic (exact) mass is 1720 g/mol. The molecule has 551 valence electrons. The Morgan fingerprint density at radius 3 is 1.18 bits per heavy atom. The van der Waals surface area contributed by atoms with Crippen molar-refractivity contribution in [3.63, 3.8) is 0 Å². The third kappa shape index (κ3) is 52.3. The van der Waals surface area contributed by atoms with Gasteiger partial charge in [-0.1, -0.05) is 118 Å². The van der Waals surface area contributed by atoms with Crippen molar-refractivity contribution in [1.29, 1.82) is 0 Å². The van der Waals surface area contributed by atoms with E-state index in [4.69, 9.17) is 28.4 Å². The van der Waals surface area contributed by atoms with E-state index in [1.807, 2.05) is 113 Å². The Morgan fingerprint density at radius 1 is 0.443 bits per heavy atom. The molecular weight excluding hydrogens is 1610 g/mol. The van der Waals surface area contributed by atoms with Crippen molar-refractivity contribution in [3.05, 3.63) is 121 Å². The number of hydrogen-bond acceptors (Lipinski definition) is 15. The summed E-state index contributed by atoms with van der Waals surface area (Å²) in [5.74, 6) is 0. The number of aromatic nitrogens is 14. The number of rotatable bonds is 30. The van der Waals surface area contributed by atoms with E-state index in [1.54, 1.807) is 25.2 Å². The molecule has 7 aromatic heterocycles. The molecule has 0 aliphatic rings. The molecular formula is C64H123BBr4N15O6SSi6. The minimum absolute atomic E-state index is 0.589. The number of aromatic amines is 1. The number of ether oxygens (including phenoxy) is 6. The maximum atomic E-state index is 5.64. The Labute approximate surface area is 631 Å². The van der Waals surface area contributed by atoms with E-state index in [2.05, 4.69) is 246 Å². The van der Waals surface area contributed by atoms with Crippen LogP contribution in [-0.4, -0.2) is 163 Å². The van der Waals surface area contributed by atoms with E-state index in [9.17, 15) is 0 Å². The molecule has 0 aliphatic heterocycles. The van der Waals surface area contributed by atoms with Gasteiger partial charge >= 0.3 is 24.8 Å². The summed E-state index contributed by atoms with van der Waals surface area (Å²) in [5.41, 5.74) is 7.55. The molecule has 0 aliphatic carbocycles. The summed E-state index contributed by atoms with van der Waals surface area (Å²) in [7, 11) is -1.41. The van der Waals surface area contributed by atoms with Crippen LogP contribution >= 0.6 is 76.5 Å². The first-order valence-electron chi connectivity index (χ1n) is 33.0. The van der Waals surface area contributed by atoms with E-state index in [0.717, 1.165) is 98.2 Å². The first-order valence-corrected chi connectivity index (χ1v) is 58.8. The van der Waals surface area contributed by atoms with Gasteiger partial charge < -0.3 is 56.2 Å². The van der Waals surface area contributed by atoms with Crippen LogP contribution in [0.1, 0.15) is 39.9 Å². The Balaban J connectivity index is 0.00000111. The number of imidazole rings is 7. The van der Waals surface area contributed by atoms with E-state index < -0.39 is 48.4 Å².